The Labute approximate surface area is 247 Å². The summed E-state index contributed by atoms with van der Waals surface area (Å²) in [6, 6.07) is 23.4. The zero-order valence-electron chi connectivity index (χ0n) is 23.5. The minimum atomic E-state index is -4.80. The molecule has 1 saturated carbocycles. The SMILES string of the molecule is Cn1cnc(OC(=O)N(Cc2cccc(OC(F)(F)F)c2)CC2C3CN(Cc4ccc(Oc5ccccc5)cc4)CC32)c1. The maximum absolute atomic E-state index is 13.2. The van der Waals surface area contributed by atoms with E-state index in [2.05, 4.69) is 26.8 Å². The summed E-state index contributed by atoms with van der Waals surface area (Å²) in [6.07, 6.45) is -2.29. The number of hydrogen-bond donors (Lipinski definition) is 0. The third kappa shape index (κ3) is 7.47. The van der Waals surface area contributed by atoms with Gasteiger partial charge in [-0.2, -0.15) is 0 Å². The van der Waals surface area contributed by atoms with Gasteiger partial charge >= 0.3 is 12.5 Å². The molecule has 6 rings (SSSR count). The van der Waals surface area contributed by atoms with Gasteiger partial charge in [-0.3, -0.25) is 4.90 Å². The molecule has 1 amide bonds. The summed E-state index contributed by atoms with van der Waals surface area (Å²) in [5.41, 5.74) is 1.70. The van der Waals surface area contributed by atoms with Gasteiger partial charge in [-0.15, -0.1) is 13.2 Å². The van der Waals surface area contributed by atoms with Crippen LogP contribution in [0, 0.1) is 17.8 Å². The van der Waals surface area contributed by atoms with Gasteiger partial charge in [-0.25, -0.2) is 9.78 Å². The van der Waals surface area contributed by atoms with Crippen molar-refractivity contribution in [3.63, 3.8) is 0 Å². The first-order valence-electron chi connectivity index (χ1n) is 14.0. The molecule has 3 aromatic carbocycles. The number of para-hydroxylation sites is 1. The molecule has 1 saturated heterocycles. The van der Waals surface area contributed by atoms with Crippen LogP contribution in [0.4, 0.5) is 18.0 Å². The van der Waals surface area contributed by atoms with Crippen LogP contribution in [0.2, 0.25) is 0 Å². The summed E-state index contributed by atoms with van der Waals surface area (Å²) in [5.74, 6) is 2.56. The highest BCUT2D eigenvalue weighted by molar-refractivity contribution is 5.70. The van der Waals surface area contributed by atoms with E-state index in [0.717, 1.165) is 31.1 Å². The number of alkyl halides is 3. The molecule has 2 atom stereocenters. The second-order valence-corrected chi connectivity index (χ2v) is 11.1. The standard InChI is InChI=1S/C32H31F3N4O4/c1-37-20-30(36-21-37)42-31(40)39(16-23-6-5-9-26(14-23)43-32(33,34)35)19-29-27-17-38(18-28(27)29)15-22-10-12-25(13-11-22)41-24-7-3-2-4-8-24/h2-14,20-21,27-29H,15-19H2,1H3. The lowest BCUT2D eigenvalue weighted by Crippen LogP contribution is -2.36. The molecule has 8 nitrogen and oxygen atoms in total. The average molecular weight is 593 g/mol. The minimum absolute atomic E-state index is 0.0811. The molecule has 224 valence electrons. The fraction of sp³-hybridized carbons (Fsp3) is 0.312. The first kappa shape index (κ1) is 28.6. The summed E-state index contributed by atoms with van der Waals surface area (Å²) < 4.78 is 55.4. The van der Waals surface area contributed by atoms with Crippen LogP contribution in [0.3, 0.4) is 0 Å². The van der Waals surface area contributed by atoms with Crippen molar-refractivity contribution < 1.29 is 32.2 Å². The molecule has 2 unspecified atom stereocenters. The normalized spacial score (nSPS) is 19.5. The van der Waals surface area contributed by atoms with Crippen LogP contribution in [-0.4, -0.2) is 51.4 Å². The highest BCUT2D eigenvalue weighted by Gasteiger charge is 2.56. The third-order valence-corrected chi connectivity index (χ3v) is 7.82. The van der Waals surface area contributed by atoms with Gasteiger partial charge < -0.3 is 23.7 Å². The van der Waals surface area contributed by atoms with Crippen molar-refractivity contribution in [1.29, 1.82) is 0 Å². The maximum atomic E-state index is 13.2. The van der Waals surface area contributed by atoms with E-state index in [1.807, 2.05) is 42.5 Å². The van der Waals surface area contributed by atoms with E-state index in [-0.39, 0.29) is 24.1 Å². The van der Waals surface area contributed by atoms with E-state index in [0.29, 0.717) is 23.9 Å². The van der Waals surface area contributed by atoms with Crippen LogP contribution in [-0.2, 0) is 20.1 Å². The Hall–Kier alpha value is -4.51. The lowest BCUT2D eigenvalue weighted by atomic mass is 10.1. The number of amides is 1. The topological polar surface area (TPSA) is 69.1 Å². The highest BCUT2D eigenvalue weighted by atomic mass is 19.4. The Morgan fingerprint density at radius 3 is 2.30 bits per heavy atom. The van der Waals surface area contributed by atoms with Gasteiger partial charge in [-0.05, 0) is 65.3 Å². The van der Waals surface area contributed by atoms with Crippen LogP contribution in [0.5, 0.6) is 23.1 Å². The van der Waals surface area contributed by atoms with Crippen LogP contribution >= 0.6 is 0 Å². The summed E-state index contributed by atoms with van der Waals surface area (Å²) in [4.78, 5) is 21.2. The number of aromatic nitrogens is 2. The molecule has 0 N–H and O–H groups in total. The number of aryl methyl sites for hydroxylation is 1. The molecule has 0 bridgehead atoms. The third-order valence-electron chi connectivity index (χ3n) is 7.82. The number of fused-ring (bicyclic) bond motifs is 1. The Balaban J connectivity index is 1.06. The number of ether oxygens (including phenoxy) is 3. The van der Waals surface area contributed by atoms with Gasteiger partial charge in [0.15, 0.2) is 0 Å². The molecule has 11 heteroatoms. The molecule has 2 fully saturated rings. The Morgan fingerprint density at radius 1 is 0.930 bits per heavy atom. The van der Waals surface area contributed by atoms with Gasteiger partial charge in [0.05, 0.1) is 12.5 Å². The van der Waals surface area contributed by atoms with E-state index in [9.17, 15) is 18.0 Å². The number of likely N-dealkylation sites (tertiary alicyclic amines) is 1. The van der Waals surface area contributed by atoms with Crippen molar-refractivity contribution in [3.05, 3.63) is 103 Å². The molecule has 1 aliphatic carbocycles. The van der Waals surface area contributed by atoms with Crippen LogP contribution in [0.1, 0.15) is 11.1 Å². The molecule has 4 aromatic rings. The molecule has 2 aliphatic rings. The van der Waals surface area contributed by atoms with Gasteiger partial charge in [-0.1, -0.05) is 42.5 Å². The molecule has 2 heterocycles. The molecule has 1 aromatic heterocycles. The number of carbonyl (C=O) groups excluding carboxylic acids is 1. The Bertz CT molecular complexity index is 1530. The van der Waals surface area contributed by atoms with Crippen molar-refractivity contribution in [1.82, 2.24) is 19.4 Å². The average Bonchev–Trinajstić information content (AvgIpc) is 3.23. The van der Waals surface area contributed by atoms with Gasteiger partial charge in [0.25, 0.3) is 0 Å². The predicted molar refractivity (Wildman–Crippen MR) is 151 cm³/mol. The number of rotatable bonds is 10. The maximum Gasteiger partial charge on any atom is 0.573 e. The quantitative estimate of drug-likeness (QED) is 0.210. The van der Waals surface area contributed by atoms with Crippen LogP contribution in [0.15, 0.2) is 91.4 Å². The minimum Gasteiger partial charge on any atom is -0.457 e. The lowest BCUT2D eigenvalue weighted by molar-refractivity contribution is -0.274. The molecule has 43 heavy (non-hydrogen) atoms. The molecule has 0 radical (unpaired) electrons. The van der Waals surface area contributed by atoms with E-state index in [1.54, 1.807) is 28.8 Å². The van der Waals surface area contributed by atoms with Crippen molar-refractivity contribution in [3.8, 4) is 23.1 Å². The largest absolute Gasteiger partial charge is 0.573 e. The van der Waals surface area contributed by atoms with Crippen molar-refractivity contribution in [2.24, 2.45) is 24.8 Å². The molecule has 0 spiro atoms. The first-order chi connectivity index (χ1) is 20.7. The van der Waals surface area contributed by atoms with Crippen molar-refractivity contribution in [2.75, 3.05) is 19.6 Å². The summed E-state index contributed by atoms with van der Waals surface area (Å²) in [7, 11) is 1.76. The summed E-state index contributed by atoms with van der Waals surface area (Å²) in [6.45, 7) is 3.16. The number of carbonyl (C=O) groups is 1. The lowest BCUT2D eigenvalue weighted by Gasteiger charge is -2.25. The fourth-order valence-corrected chi connectivity index (χ4v) is 5.80. The predicted octanol–water partition coefficient (Wildman–Crippen LogP) is 6.49. The Kier molecular flexibility index (Phi) is 7.98. The molecular formula is C32H31F3N4O4. The zero-order valence-corrected chi connectivity index (χ0v) is 23.5. The van der Waals surface area contributed by atoms with Crippen molar-refractivity contribution in [2.45, 2.75) is 19.5 Å². The summed E-state index contributed by atoms with van der Waals surface area (Å²) >= 11 is 0. The zero-order chi connectivity index (χ0) is 30.0. The smallest absolute Gasteiger partial charge is 0.457 e. The number of benzene rings is 3. The number of imidazole rings is 1. The second kappa shape index (κ2) is 12.0. The Morgan fingerprint density at radius 2 is 1.63 bits per heavy atom. The molecular weight excluding hydrogens is 561 g/mol. The van der Waals surface area contributed by atoms with Gasteiger partial charge in [0.1, 0.15) is 17.2 Å². The summed E-state index contributed by atoms with van der Waals surface area (Å²) in [5, 5.41) is 0. The van der Waals surface area contributed by atoms with E-state index < -0.39 is 12.5 Å². The van der Waals surface area contributed by atoms with Crippen molar-refractivity contribution >= 4 is 6.09 Å². The number of piperidine rings is 1. The van der Waals surface area contributed by atoms with Gasteiger partial charge in [0.2, 0.25) is 5.88 Å². The fourth-order valence-electron chi connectivity index (χ4n) is 5.80. The number of halogens is 3. The number of hydrogen-bond acceptors (Lipinski definition) is 6. The monoisotopic (exact) mass is 592 g/mol. The van der Waals surface area contributed by atoms with Crippen LogP contribution < -0.4 is 14.2 Å². The van der Waals surface area contributed by atoms with Gasteiger partial charge in [0, 0.05) is 39.8 Å². The second-order valence-electron chi connectivity index (χ2n) is 11.1. The highest BCUT2D eigenvalue weighted by Crippen LogP contribution is 2.52. The number of nitrogens with zero attached hydrogens (tertiary/aromatic N) is 4. The van der Waals surface area contributed by atoms with E-state index in [4.69, 9.17) is 9.47 Å². The first-order valence-corrected chi connectivity index (χ1v) is 14.0. The van der Waals surface area contributed by atoms with E-state index in [1.165, 1.54) is 30.1 Å². The molecule has 1 aliphatic heterocycles. The van der Waals surface area contributed by atoms with E-state index >= 15 is 0 Å². The van der Waals surface area contributed by atoms with Crippen LogP contribution in [0.25, 0.3) is 0 Å².